The van der Waals surface area contributed by atoms with E-state index >= 15 is 0 Å². The lowest BCUT2D eigenvalue weighted by Gasteiger charge is -2.27. The third kappa shape index (κ3) is 1.36. The summed E-state index contributed by atoms with van der Waals surface area (Å²) in [6.45, 7) is 1.72. The summed E-state index contributed by atoms with van der Waals surface area (Å²) in [5, 5.41) is 9.42. The van der Waals surface area contributed by atoms with Crippen molar-refractivity contribution in [3.05, 3.63) is 0 Å². The van der Waals surface area contributed by atoms with Crippen molar-refractivity contribution in [1.29, 1.82) is 5.41 Å². The molecule has 0 aromatic heterocycles. The Hall–Kier alpha value is -1.59. The standard InChI is InChI=1S/C6H10N4O2/c1-3-2-4(11)10(5(7)8)6(12)9-3/h3H,2H2,1H3,(H3,7,8)(H,9,12). The normalized spacial score (nSPS) is 23.8. The fourth-order valence-corrected chi connectivity index (χ4v) is 1.04. The van der Waals surface area contributed by atoms with Gasteiger partial charge in [0.05, 0.1) is 0 Å². The molecule has 1 atom stereocenters. The molecule has 6 heteroatoms. The number of urea groups is 1. The van der Waals surface area contributed by atoms with Gasteiger partial charge in [0.2, 0.25) is 11.9 Å². The second-order valence-electron chi connectivity index (χ2n) is 2.67. The number of carbonyl (C=O) groups excluding carboxylic acids is 2. The molecule has 66 valence electrons. The highest BCUT2D eigenvalue weighted by molar-refractivity contribution is 6.11. The second-order valence-corrected chi connectivity index (χ2v) is 2.67. The summed E-state index contributed by atoms with van der Waals surface area (Å²) < 4.78 is 0. The third-order valence-electron chi connectivity index (χ3n) is 1.54. The number of hydrogen-bond acceptors (Lipinski definition) is 3. The predicted octanol–water partition coefficient (Wildman–Crippen LogP) is -0.790. The van der Waals surface area contributed by atoms with Crippen LogP contribution in [0.2, 0.25) is 0 Å². The van der Waals surface area contributed by atoms with Crippen LogP contribution in [-0.4, -0.2) is 28.8 Å². The van der Waals surface area contributed by atoms with Crippen LogP contribution in [0.5, 0.6) is 0 Å². The van der Waals surface area contributed by atoms with Gasteiger partial charge >= 0.3 is 6.03 Å². The molecule has 1 heterocycles. The summed E-state index contributed by atoms with van der Waals surface area (Å²) >= 11 is 0. The maximum absolute atomic E-state index is 11.1. The summed E-state index contributed by atoms with van der Waals surface area (Å²) in [4.78, 5) is 22.8. The maximum atomic E-state index is 11.1. The predicted molar refractivity (Wildman–Crippen MR) is 41.4 cm³/mol. The van der Waals surface area contributed by atoms with Gasteiger partial charge < -0.3 is 11.1 Å². The number of nitrogens with zero attached hydrogens (tertiary/aromatic N) is 1. The van der Waals surface area contributed by atoms with Gasteiger partial charge in [0.15, 0.2) is 0 Å². The third-order valence-corrected chi connectivity index (χ3v) is 1.54. The largest absolute Gasteiger partial charge is 0.369 e. The molecule has 1 aliphatic rings. The van der Waals surface area contributed by atoms with E-state index in [9.17, 15) is 9.59 Å². The van der Waals surface area contributed by atoms with Gasteiger partial charge in [-0.3, -0.25) is 10.2 Å². The Labute approximate surface area is 69.2 Å². The zero-order valence-electron chi connectivity index (χ0n) is 6.63. The van der Waals surface area contributed by atoms with Gasteiger partial charge in [0.1, 0.15) is 0 Å². The lowest BCUT2D eigenvalue weighted by molar-refractivity contribution is -0.126. The van der Waals surface area contributed by atoms with E-state index in [1.165, 1.54) is 0 Å². The number of imide groups is 1. The van der Waals surface area contributed by atoms with Crippen LogP contribution in [0, 0.1) is 5.41 Å². The monoisotopic (exact) mass is 170 g/mol. The first-order valence-corrected chi connectivity index (χ1v) is 3.50. The Balaban J connectivity index is 2.81. The summed E-state index contributed by atoms with van der Waals surface area (Å²) in [6.07, 6.45) is 0.186. The molecule has 0 radical (unpaired) electrons. The van der Waals surface area contributed by atoms with E-state index in [0.717, 1.165) is 0 Å². The Morgan fingerprint density at radius 2 is 2.33 bits per heavy atom. The molecule has 0 saturated carbocycles. The number of hydrogen-bond donors (Lipinski definition) is 3. The highest BCUT2D eigenvalue weighted by Crippen LogP contribution is 2.05. The van der Waals surface area contributed by atoms with Gasteiger partial charge in [-0.1, -0.05) is 0 Å². The molecule has 3 amide bonds. The van der Waals surface area contributed by atoms with Crippen molar-refractivity contribution in [2.24, 2.45) is 5.73 Å². The van der Waals surface area contributed by atoms with Crippen molar-refractivity contribution in [3.63, 3.8) is 0 Å². The van der Waals surface area contributed by atoms with Crippen LogP contribution in [0.25, 0.3) is 0 Å². The maximum Gasteiger partial charge on any atom is 0.331 e. The highest BCUT2D eigenvalue weighted by atomic mass is 16.2. The van der Waals surface area contributed by atoms with Crippen molar-refractivity contribution in [3.8, 4) is 0 Å². The van der Waals surface area contributed by atoms with Crippen molar-refractivity contribution >= 4 is 17.9 Å². The van der Waals surface area contributed by atoms with E-state index in [4.69, 9.17) is 11.1 Å². The number of nitrogens with one attached hydrogen (secondary N) is 2. The van der Waals surface area contributed by atoms with Crippen LogP contribution in [0.15, 0.2) is 0 Å². The average molecular weight is 170 g/mol. The van der Waals surface area contributed by atoms with Crippen molar-refractivity contribution in [1.82, 2.24) is 10.2 Å². The number of nitrogens with two attached hydrogens (primary N) is 1. The minimum absolute atomic E-state index is 0.180. The molecule has 0 bridgehead atoms. The van der Waals surface area contributed by atoms with Crippen LogP contribution in [0.3, 0.4) is 0 Å². The van der Waals surface area contributed by atoms with E-state index in [2.05, 4.69) is 5.32 Å². The summed E-state index contributed by atoms with van der Waals surface area (Å²) in [7, 11) is 0. The molecule has 4 N–H and O–H groups in total. The topological polar surface area (TPSA) is 99.3 Å². The van der Waals surface area contributed by atoms with Crippen LogP contribution in [-0.2, 0) is 4.79 Å². The van der Waals surface area contributed by atoms with E-state index < -0.39 is 17.9 Å². The quantitative estimate of drug-likeness (QED) is 0.328. The van der Waals surface area contributed by atoms with Gasteiger partial charge in [-0.05, 0) is 6.92 Å². The van der Waals surface area contributed by atoms with E-state index in [1.54, 1.807) is 6.92 Å². The van der Waals surface area contributed by atoms with Gasteiger partial charge in [-0.25, -0.2) is 9.69 Å². The first-order valence-electron chi connectivity index (χ1n) is 3.50. The van der Waals surface area contributed by atoms with E-state index in [1.807, 2.05) is 0 Å². The summed E-state index contributed by atoms with van der Waals surface area (Å²) in [5.41, 5.74) is 5.02. The fourth-order valence-electron chi connectivity index (χ4n) is 1.04. The lowest BCUT2D eigenvalue weighted by atomic mass is 10.2. The summed E-state index contributed by atoms with van der Waals surface area (Å²) in [6, 6.07) is -0.799. The van der Waals surface area contributed by atoms with Crippen LogP contribution in [0.1, 0.15) is 13.3 Å². The molecule has 1 fully saturated rings. The molecule has 6 nitrogen and oxygen atoms in total. The van der Waals surface area contributed by atoms with Crippen molar-refractivity contribution in [2.75, 3.05) is 0 Å². The summed E-state index contributed by atoms with van der Waals surface area (Å²) in [5.74, 6) is -0.969. The molecule has 0 aromatic rings. The van der Waals surface area contributed by atoms with Crippen LogP contribution < -0.4 is 11.1 Å². The van der Waals surface area contributed by atoms with E-state index in [-0.39, 0.29) is 12.5 Å². The molecule has 1 unspecified atom stereocenters. The number of rotatable bonds is 0. The van der Waals surface area contributed by atoms with Crippen molar-refractivity contribution in [2.45, 2.75) is 19.4 Å². The smallest absolute Gasteiger partial charge is 0.331 e. The molecule has 1 saturated heterocycles. The molecule has 1 rings (SSSR count). The van der Waals surface area contributed by atoms with Gasteiger partial charge in [-0.15, -0.1) is 0 Å². The Kier molecular flexibility index (Phi) is 1.99. The second kappa shape index (κ2) is 2.80. The number of amides is 3. The lowest BCUT2D eigenvalue weighted by Crippen LogP contribution is -2.57. The van der Waals surface area contributed by atoms with Crippen LogP contribution in [0.4, 0.5) is 4.79 Å². The van der Waals surface area contributed by atoms with Gasteiger partial charge in [-0.2, -0.15) is 0 Å². The zero-order valence-corrected chi connectivity index (χ0v) is 6.63. The molecule has 12 heavy (non-hydrogen) atoms. The van der Waals surface area contributed by atoms with Crippen LogP contribution >= 0.6 is 0 Å². The van der Waals surface area contributed by atoms with Crippen molar-refractivity contribution < 1.29 is 9.59 Å². The average Bonchev–Trinajstić information content (AvgIpc) is 1.82. The first kappa shape index (κ1) is 8.51. The minimum atomic E-state index is -0.619. The first-order chi connectivity index (χ1) is 5.52. The highest BCUT2D eigenvalue weighted by Gasteiger charge is 2.31. The number of guanidine groups is 1. The Morgan fingerprint density at radius 3 is 2.75 bits per heavy atom. The molecular weight excluding hydrogens is 160 g/mol. The Bertz CT molecular complexity index is 232. The SMILES string of the molecule is CC1CC(=O)N(C(=N)N)C(=O)N1. The molecular formula is C6H10N4O2. The molecule has 1 aliphatic heterocycles. The van der Waals surface area contributed by atoms with Gasteiger partial charge in [0.25, 0.3) is 0 Å². The number of carbonyl (C=O) groups is 2. The molecule has 0 aliphatic carbocycles. The van der Waals surface area contributed by atoms with Gasteiger partial charge in [0, 0.05) is 12.5 Å². The van der Waals surface area contributed by atoms with E-state index in [0.29, 0.717) is 4.90 Å². The zero-order chi connectivity index (χ0) is 9.30. The molecule has 0 spiro atoms. The Morgan fingerprint density at radius 1 is 1.75 bits per heavy atom. The fraction of sp³-hybridized carbons (Fsp3) is 0.500. The molecule has 0 aromatic carbocycles. The minimum Gasteiger partial charge on any atom is -0.369 e.